The van der Waals surface area contributed by atoms with E-state index in [0.717, 1.165) is 42.1 Å². The first-order valence-electron chi connectivity index (χ1n) is 14.4. The third-order valence-electron chi connectivity index (χ3n) is 7.76. The molecule has 2 N–H and O–H groups in total. The fourth-order valence-electron chi connectivity index (χ4n) is 5.47. The van der Waals surface area contributed by atoms with Crippen LogP contribution >= 0.6 is 11.8 Å². The van der Waals surface area contributed by atoms with Crippen LogP contribution in [0.5, 0.6) is 0 Å². The number of nitrogens with zero attached hydrogens (tertiary/aromatic N) is 1. The first kappa shape index (κ1) is 33.5. The van der Waals surface area contributed by atoms with Crippen molar-refractivity contribution in [2.75, 3.05) is 31.6 Å². The summed E-state index contributed by atoms with van der Waals surface area (Å²) >= 11 is 1.58. The zero-order valence-corrected chi connectivity index (χ0v) is 24.3. The Morgan fingerprint density at radius 3 is 2.49 bits per heavy atom. The van der Waals surface area contributed by atoms with E-state index in [1.807, 2.05) is 36.6 Å². The minimum absolute atomic E-state index is 0. The van der Waals surface area contributed by atoms with Crippen molar-refractivity contribution >= 4 is 42.5 Å². The topological polar surface area (TPSA) is 69.6 Å². The molecule has 5 nitrogen and oxygen atoms in total. The van der Waals surface area contributed by atoms with Crippen molar-refractivity contribution in [2.45, 2.75) is 77.7 Å². The number of benzene rings is 2. The quantitative estimate of drug-likeness (QED) is 0.261. The van der Waals surface area contributed by atoms with Crippen molar-refractivity contribution in [1.82, 2.24) is 10.2 Å². The normalized spacial score (nSPS) is 14.6. The first-order chi connectivity index (χ1) is 18.4. The van der Waals surface area contributed by atoms with Crippen molar-refractivity contribution in [2.24, 2.45) is 5.92 Å². The number of carbonyl (C=O) groups is 2. The molecule has 7 heteroatoms. The van der Waals surface area contributed by atoms with Crippen LogP contribution in [-0.2, 0) is 11.2 Å². The van der Waals surface area contributed by atoms with Gasteiger partial charge in [-0.25, -0.2) is 4.79 Å². The molecule has 0 unspecified atom stereocenters. The molecule has 0 aliphatic heterocycles. The number of hydrogen-bond donors (Lipinski definition) is 2. The van der Waals surface area contributed by atoms with E-state index < -0.39 is 12.0 Å². The van der Waals surface area contributed by atoms with Gasteiger partial charge in [0.2, 0.25) is 0 Å². The summed E-state index contributed by atoms with van der Waals surface area (Å²) in [7, 11) is 0. The maximum absolute atomic E-state index is 13.4. The Labute approximate surface area is 252 Å². The molecular formula is C32H47LiN2O3S. The van der Waals surface area contributed by atoms with E-state index >= 15 is 0 Å². The number of thioether (sulfide) groups is 1. The van der Waals surface area contributed by atoms with E-state index in [4.69, 9.17) is 0 Å². The van der Waals surface area contributed by atoms with Crippen LogP contribution in [0.3, 0.4) is 0 Å². The van der Waals surface area contributed by atoms with E-state index in [9.17, 15) is 14.7 Å². The predicted octanol–water partition coefficient (Wildman–Crippen LogP) is 6.17. The van der Waals surface area contributed by atoms with Gasteiger partial charge in [-0.15, -0.1) is 0 Å². The fourth-order valence-corrected chi connectivity index (χ4v) is 5.94. The van der Waals surface area contributed by atoms with Crippen LogP contribution in [0.4, 0.5) is 0 Å². The Morgan fingerprint density at radius 2 is 1.82 bits per heavy atom. The van der Waals surface area contributed by atoms with Crippen molar-refractivity contribution in [3.63, 3.8) is 0 Å². The molecule has 0 heterocycles. The molecule has 0 saturated heterocycles. The number of aliphatic carboxylic acids is 1. The SMILES string of the molecule is CCCCN(CCc1ccc(C(=O)N[C@@H](CCSC)C(=O)O)c(-c2ccccc2C)c1)CC1CCCCC1.[LiH]. The Bertz CT molecular complexity index is 1040. The van der Waals surface area contributed by atoms with Crippen molar-refractivity contribution in [1.29, 1.82) is 0 Å². The second kappa shape index (κ2) is 17.9. The van der Waals surface area contributed by atoms with E-state index in [1.54, 1.807) is 11.8 Å². The van der Waals surface area contributed by atoms with Gasteiger partial charge in [0.1, 0.15) is 6.04 Å². The van der Waals surface area contributed by atoms with Crippen molar-refractivity contribution < 1.29 is 14.7 Å². The molecule has 210 valence electrons. The summed E-state index contributed by atoms with van der Waals surface area (Å²) in [6.45, 7) is 7.67. The standard InChI is InChI=1S/C32H46N2O3S.Li.H/c1-4-5-19-34(23-26-12-7-6-8-13-26)20-17-25-15-16-28(29(22-25)27-14-10-9-11-24(27)2)31(35)33-30(32(36)37)18-21-38-3;;/h9-11,14-16,22,26,30H,4-8,12-13,17-21,23H2,1-3H3,(H,33,35)(H,36,37);;/t30-;;/m0../s1. The van der Waals surface area contributed by atoms with Gasteiger partial charge in [0.05, 0.1) is 0 Å². The second-order valence-corrected chi connectivity index (χ2v) is 11.7. The maximum atomic E-state index is 13.4. The number of carboxylic acids is 1. The number of rotatable bonds is 15. The molecule has 1 aliphatic rings. The Kier molecular flexibility index (Phi) is 15.3. The molecule has 0 radical (unpaired) electrons. The van der Waals surface area contributed by atoms with Gasteiger partial charge in [-0.05, 0) is 91.8 Å². The monoisotopic (exact) mass is 546 g/mol. The average molecular weight is 547 g/mol. The Balaban J connectivity index is 0.00000533. The van der Waals surface area contributed by atoms with Crippen LogP contribution in [0.25, 0.3) is 11.1 Å². The third-order valence-corrected chi connectivity index (χ3v) is 8.41. The molecule has 1 amide bonds. The van der Waals surface area contributed by atoms with Crippen LogP contribution < -0.4 is 5.32 Å². The van der Waals surface area contributed by atoms with Gasteiger partial charge in [0.25, 0.3) is 5.91 Å². The number of unbranched alkanes of at least 4 members (excludes halogenated alkanes) is 1. The summed E-state index contributed by atoms with van der Waals surface area (Å²) in [5, 5.41) is 12.4. The molecule has 39 heavy (non-hydrogen) atoms. The molecule has 3 rings (SSSR count). The Morgan fingerprint density at radius 1 is 1.08 bits per heavy atom. The third kappa shape index (κ3) is 10.7. The van der Waals surface area contributed by atoms with E-state index in [0.29, 0.717) is 17.7 Å². The average Bonchev–Trinajstić information content (AvgIpc) is 2.93. The van der Waals surface area contributed by atoms with Gasteiger partial charge in [0.15, 0.2) is 0 Å². The zero-order valence-electron chi connectivity index (χ0n) is 23.5. The van der Waals surface area contributed by atoms with Crippen LogP contribution in [0, 0.1) is 12.8 Å². The fraction of sp³-hybridized carbons (Fsp3) is 0.562. The number of hydrogen-bond acceptors (Lipinski definition) is 4. The molecular weight excluding hydrogens is 499 g/mol. The summed E-state index contributed by atoms with van der Waals surface area (Å²) in [5.74, 6) is 0.176. The molecule has 1 atom stereocenters. The number of nitrogens with one attached hydrogen (secondary N) is 1. The Hall–Kier alpha value is -1.71. The number of carboxylic acid groups (broad SMARTS) is 1. The van der Waals surface area contributed by atoms with Crippen molar-refractivity contribution in [3.05, 3.63) is 59.2 Å². The number of amides is 1. The van der Waals surface area contributed by atoms with Gasteiger partial charge in [-0.2, -0.15) is 11.8 Å². The van der Waals surface area contributed by atoms with Gasteiger partial charge in [0, 0.05) is 18.7 Å². The summed E-state index contributed by atoms with van der Waals surface area (Å²) in [6, 6.07) is 13.3. The summed E-state index contributed by atoms with van der Waals surface area (Å²) in [4.78, 5) is 27.8. The molecule has 1 saturated carbocycles. The van der Waals surface area contributed by atoms with Gasteiger partial charge in [-0.3, -0.25) is 4.79 Å². The summed E-state index contributed by atoms with van der Waals surface area (Å²) in [5.41, 5.74) is 4.73. The van der Waals surface area contributed by atoms with Gasteiger partial charge < -0.3 is 15.3 Å². The van der Waals surface area contributed by atoms with Crippen LogP contribution in [0.15, 0.2) is 42.5 Å². The molecule has 0 aromatic heterocycles. The molecule has 2 aromatic carbocycles. The first-order valence-corrected chi connectivity index (χ1v) is 15.8. The van der Waals surface area contributed by atoms with Crippen molar-refractivity contribution in [3.8, 4) is 11.1 Å². The van der Waals surface area contributed by atoms with Gasteiger partial charge in [-0.1, -0.05) is 69.0 Å². The van der Waals surface area contributed by atoms with E-state index in [2.05, 4.69) is 36.2 Å². The van der Waals surface area contributed by atoms with Crippen LogP contribution in [-0.4, -0.2) is 78.4 Å². The minimum atomic E-state index is -0.994. The van der Waals surface area contributed by atoms with Crippen LogP contribution in [0.2, 0.25) is 0 Å². The van der Waals surface area contributed by atoms with Crippen LogP contribution in [0.1, 0.15) is 79.8 Å². The number of aryl methyl sites for hydroxylation is 1. The molecule has 0 bridgehead atoms. The summed E-state index contributed by atoms with van der Waals surface area (Å²) < 4.78 is 0. The van der Waals surface area contributed by atoms with E-state index in [-0.39, 0.29) is 24.8 Å². The predicted molar refractivity (Wildman–Crippen MR) is 167 cm³/mol. The zero-order chi connectivity index (χ0) is 27.3. The second-order valence-electron chi connectivity index (χ2n) is 10.7. The molecule has 0 spiro atoms. The molecule has 1 aliphatic carbocycles. The molecule has 2 aromatic rings. The summed E-state index contributed by atoms with van der Waals surface area (Å²) in [6.07, 6.45) is 12.5. The van der Waals surface area contributed by atoms with Gasteiger partial charge >= 0.3 is 24.8 Å². The van der Waals surface area contributed by atoms with E-state index in [1.165, 1.54) is 57.1 Å². The number of carbonyl (C=O) groups excluding carboxylic acids is 1. The molecule has 1 fully saturated rings.